The maximum atomic E-state index is 10.5. The van der Waals surface area contributed by atoms with Crippen molar-refractivity contribution in [2.24, 2.45) is 0 Å². The zero-order valence-corrected chi connectivity index (χ0v) is 17.1. The Morgan fingerprint density at radius 2 is 1.82 bits per heavy atom. The highest BCUT2D eigenvalue weighted by Crippen LogP contribution is 2.38. The first-order valence-electron chi connectivity index (χ1n) is 9.14. The highest BCUT2D eigenvalue weighted by Gasteiger charge is 2.20. The summed E-state index contributed by atoms with van der Waals surface area (Å²) in [5.74, 6) is 0.644. The Kier molecular flexibility index (Phi) is 5.44. The summed E-state index contributed by atoms with van der Waals surface area (Å²) in [4.78, 5) is 1.05. The van der Waals surface area contributed by atoms with Gasteiger partial charge in [-0.25, -0.2) is 0 Å². The third-order valence-electron chi connectivity index (χ3n) is 4.91. The molecule has 28 heavy (non-hydrogen) atoms. The molecule has 0 aliphatic rings. The van der Waals surface area contributed by atoms with E-state index >= 15 is 0 Å². The van der Waals surface area contributed by atoms with Crippen LogP contribution >= 0.6 is 12.2 Å². The Morgan fingerprint density at radius 3 is 2.46 bits per heavy atom. The molecule has 1 heterocycles. The topological polar surface area (TPSA) is 98.7 Å². The monoisotopic (exact) mass is 401 g/mol. The summed E-state index contributed by atoms with van der Waals surface area (Å²) in [6, 6.07) is 8.27. The second kappa shape index (κ2) is 7.65. The minimum atomic E-state index is -0.0903. The number of phenols is 3. The minimum absolute atomic E-state index is 0.0389. The van der Waals surface area contributed by atoms with Gasteiger partial charge in [0, 0.05) is 12.1 Å². The number of quaternary nitrogens is 1. The number of hydrogen-bond acceptors (Lipinski definition) is 5. The van der Waals surface area contributed by atoms with Crippen molar-refractivity contribution in [1.82, 2.24) is 14.8 Å². The molecule has 0 saturated carbocycles. The Hall–Kier alpha value is -2.84. The van der Waals surface area contributed by atoms with E-state index in [2.05, 4.69) is 10.2 Å². The molecular formula is C20H25N4O3S+. The van der Waals surface area contributed by atoms with Crippen LogP contribution in [0.25, 0.3) is 17.1 Å². The smallest absolute Gasteiger partial charge is 0.200 e. The third kappa shape index (κ3) is 3.48. The fraction of sp³-hybridized carbons (Fsp3) is 0.300. The van der Waals surface area contributed by atoms with Gasteiger partial charge in [-0.3, -0.25) is 9.67 Å². The molecule has 0 aliphatic carbocycles. The molecule has 0 spiro atoms. The molecule has 5 N–H and O–H groups in total. The number of H-pyrrole nitrogens is 1. The summed E-state index contributed by atoms with van der Waals surface area (Å²) in [6.07, 6.45) is 0. The van der Waals surface area contributed by atoms with E-state index in [0.717, 1.165) is 17.1 Å². The SMILES string of the molecule is CC[NH+](C)c1cc(-n2c(-c3cc(C(C)C)c(O)cc3O)n[nH]c2=S)ccc1O. The average Bonchev–Trinajstić information content (AvgIpc) is 3.02. The van der Waals surface area contributed by atoms with Gasteiger partial charge in [0.1, 0.15) is 11.5 Å². The molecule has 0 aliphatic heterocycles. The maximum absolute atomic E-state index is 10.5. The van der Waals surface area contributed by atoms with E-state index in [1.165, 1.54) is 6.07 Å². The lowest BCUT2D eigenvalue weighted by Crippen LogP contribution is -3.03. The van der Waals surface area contributed by atoms with Crippen molar-refractivity contribution < 1.29 is 20.2 Å². The second-order valence-electron chi connectivity index (χ2n) is 7.11. The van der Waals surface area contributed by atoms with Gasteiger partial charge in [-0.1, -0.05) is 13.8 Å². The molecule has 148 valence electrons. The van der Waals surface area contributed by atoms with Gasteiger partial charge in [-0.2, -0.15) is 5.10 Å². The molecule has 3 rings (SSSR count). The Morgan fingerprint density at radius 1 is 1.11 bits per heavy atom. The lowest BCUT2D eigenvalue weighted by molar-refractivity contribution is -0.808. The number of nitrogens with one attached hydrogen (secondary N) is 2. The number of aromatic amines is 1. The Labute approximate surface area is 168 Å². The van der Waals surface area contributed by atoms with Crippen molar-refractivity contribution in [3.8, 4) is 34.3 Å². The molecule has 1 unspecified atom stereocenters. The average molecular weight is 402 g/mol. The van der Waals surface area contributed by atoms with Crippen LogP contribution in [0.5, 0.6) is 17.2 Å². The summed E-state index contributed by atoms with van der Waals surface area (Å²) in [7, 11) is 1.97. The van der Waals surface area contributed by atoms with Gasteiger partial charge in [0.15, 0.2) is 22.0 Å². The van der Waals surface area contributed by atoms with Crippen molar-refractivity contribution >= 4 is 17.9 Å². The van der Waals surface area contributed by atoms with Crippen LogP contribution in [0.3, 0.4) is 0 Å². The maximum Gasteiger partial charge on any atom is 0.200 e. The van der Waals surface area contributed by atoms with Gasteiger partial charge >= 0.3 is 0 Å². The lowest BCUT2D eigenvalue weighted by atomic mass is 9.98. The summed E-state index contributed by atoms with van der Waals surface area (Å²) in [5, 5.41) is 37.9. The van der Waals surface area contributed by atoms with E-state index in [4.69, 9.17) is 12.2 Å². The molecule has 3 aromatic rings. The highest BCUT2D eigenvalue weighted by molar-refractivity contribution is 7.71. The van der Waals surface area contributed by atoms with Crippen LogP contribution in [0, 0.1) is 4.77 Å². The van der Waals surface area contributed by atoms with Gasteiger partial charge < -0.3 is 20.2 Å². The van der Waals surface area contributed by atoms with E-state index in [1.54, 1.807) is 22.8 Å². The Bertz CT molecular complexity index is 1070. The van der Waals surface area contributed by atoms with Crippen LogP contribution in [0.2, 0.25) is 0 Å². The fourth-order valence-corrected chi connectivity index (χ4v) is 3.39. The Balaban J connectivity index is 2.23. The molecule has 2 aromatic carbocycles. The number of nitrogens with zero attached hydrogens (tertiary/aromatic N) is 2. The molecule has 0 bridgehead atoms. The minimum Gasteiger partial charge on any atom is -0.508 e. The van der Waals surface area contributed by atoms with Crippen molar-refractivity contribution in [2.45, 2.75) is 26.7 Å². The van der Waals surface area contributed by atoms with Crippen LogP contribution in [0.15, 0.2) is 30.3 Å². The third-order valence-corrected chi connectivity index (χ3v) is 5.18. The standard InChI is InChI=1S/C20H24N4O3S/c1-5-23(4)15-8-12(6-7-16(15)25)24-19(21-22-20(24)28)14-9-13(11(2)3)17(26)10-18(14)27/h6-11,25-27H,5H2,1-4H3,(H,22,28)/p+1. The second-order valence-corrected chi connectivity index (χ2v) is 7.49. The summed E-state index contributed by atoms with van der Waals surface area (Å²) < 4.78 is 2.07. The van der Waals surface area contributed by atoms with Gasteiger partial charge in [-0.15, -0.1) is 0 Å². The molecule has 1 atom stereocenters. The molecule has 0 saturated heterocycles. The summed E-state index contributed by atoms with van der Waals surface area (Å²) in [6.45, 7) is 6.75. The first kappa shape index (κ1) is 19.9. The van der Waals surface area contributed by atoms with E-state index in [9.17, 15) is 15.3 Å². The summed E-state index contributed by atoms with van der Waals surface area (Å²) >= 11 is 5.42. The predicted octanol–water partition coefficient (Wildman–Crippen LogP) is 3.00. The largest absolute Gasteiger partial charge is 0.508 e. The zero-order valence-electron chi connectivity index (χ0n) is 16.3. The van der Waals surface area contributed by atoms with E-state index in [1.807, 2.05) is 33.9 Å². The van der Waals surface area contributed by atoms with Crippen molar-refractivity contribution in [3.63, 3.8) is 0 Å². The molecular weight excluding hydrogens is 376 g/mol. The van der Waals surface area contributed by atoms with Crippen molar-refractivity contribution in [3.05, 3.63) is 40.7 Å². The lowest BCUT2D eigenvalue weighted by Gasteiger charge is -2.16. The number of aromatic nitrogens is 3. The van der Waals surface area contributed by atoms with E-state index < -0.39 is 0 Å². The van der Waals surface area contributed by atoms with Crippen LogP contribution in [0.4, 0.5) is 5.69 Å². The van der Waals surface area contributed by atoms with Crippen molar-refractivity contribution in [2.75, 3.05) is 13.6 Å². The number of rotatable bonds is 5. The molecule has 1 aromatic heterocycles. The number of phenolic OH excluding ortho intramolecular Hbond substituents is 3. The predicted molar refractivity (Wildman–Crippen MR) is 110 cm³/mol. The first-order valence-corrected chi connectivity index (χ1v) is 9.55. The molecule has 7 nitrogen and oxygen atoms in total. The van der Waals surface area contributed by atoms with Crippen molar-refractivity contribution in [1.29, 1.82) is 0 Å². The highest BCUT2D eigenvalue weighted by atomic mass is 32.1. The van der Waals surface area contributed by atoms with Crippen LogP contribution in [-0.2, 0) is 0 Å². The normalized spacial score (nSPS) is 12.5. The zero-order chi connectivity index (χ0) is 20.6. The van der Waals surface area contributed by atoms with Gasteiger partial charge in [0.25, 0.3) is 0 Å². The van der Waals surface area contributed by atoms with E-state index in [-0.39, 0.29) is 23.2 Å². The summed E-state index contributed by atoms with van der Waals surface area (Å²) in [5.41, 5.74) is 2.62. The molecule has 0 fully saturated rings. The number of hydrogen-bond donors (Lipinski definition) is 5. The van der Waals surface area contributed by atoms with Crippen LogP contribution in [-0.4, -0.2) is 43.7 Å². The number of aromatic hydroxyl groups is 3. The van der Waals surface area contributed by atoms with Gasteiger partial charge in [0.2, 0.25) is 0 Å². The molecule has 0 amide bonds. The van der Waals surface area contributed by atoms with Crippen LogP contribution < -0.4 is 4.90 Å². The fourth-order valence-electron chi connectivity index (χ4n) is 3.15. The quantitative estimate of drug-likeness (QED) is 0.334. The number of benzene rings is 2. The van der Waals surface area contributed by atoms with Crippen LogP contribution in [0.1, 0.15) is 32.3 Å². The van der Waals surface area contributed by atoms with E-state index in [0.29, 0.717) is 27.4 Å². The first-order chi connectivity index (χ1) is 13.2. The molecule has 0 radical (unpaired) electrons. The van der Waals surface area contributed by atoms with Gasteiger partial charge in [0.05, 0.1) is 24.8 Å². The molecule has 8 heteroatoms. The van der Waals surface area contributed by atoms with Gasteiger partial charge in [-0.05, 0) is 48.8 Å².